The summed E-state index contributed by atoms with van der Waals surface area (Å²) in [7, 11) is 0. The van der Waals surface area contributed by atoms with Gasteiger partial charge in [-0.25, -0.2) is 0 Å². The number of hydrogen-bond acceptors (Lipinski definition) is 7. The van der Waals surface area contributed by atoms with Crippen molar-refractivity contribution >= 4 is 22.7 Å². The molecule has 1 heterocycles. The van der Waals surface area contributed by atoms with Crippen LogP contribution in [0.5, 0.6) is 0 Å². The number of aryl methyl sites for hydroxylation is 1. The zero-order chi connectivity index (χ0) is 15.9. The van der Waals surface area contributed by atoms with Crippen LogP contribution in [0.4, 0.5) is 5.69 Å². The van der Waals surface area contributed by atoms with E-state index in [1.165, 1.54) is 11.4 Å². The van der Waals surface area contributed by atoms with Crippen molar-refractivity contribution in [2.75, 3.05) is 25.3 Å². The zero-order valence-electron chi connectivity index (χ0n) is 12.2. The summed E-state index contributed by atoms with van der Waals surface area (Å²) >= 11 is 4.67. The van der Waals surface area contributed by atoms with E-state index in [2.05, 4.69) is 25.8 Å². The van der Waals surface area contributed by atoms with E-state index < -0.39 is 0 Å². The van der Waals surface area contributed by atoms with Crippen LogP contribution >= 0.6 is 0 Å². The number of hydrazone groups is 1. The molecule has 1 saturated heterocycles. The van der Waals surface area contributed by atoms with Gasteiger partial charge in [-0.2, -0.15) is 0 Å². The van der Waals surface area contributed by atoms with Gasteiger partial charge in [0.1, 0.15) is 0 Å². The Morgan fingerprint density at radius 1 is 1.59 bits per heavy atom. The summed E-state index contributed by atoms with van der Waals surface area (Å²) in [5.74, 6) is 0. The van der Waals surface area contributed by atoms with Gasteiger partial charge in [-0.3, -0.25) is 0 Å². The van der Waals surface area contributed by atoms with Crippen molar-refractivity contribution in [3.63, 3.8) is 0 Å². The summed E-state index contributed by atoms with van der Waals surface area (Å²) in [6, 6.07) is 5.84. The third-order valence-corrected chi connectivity index (χ3v) is 3.63. The topological polar surface area (TPSA) is 84.2 Å². The Labute approximate surface area is 137 Å². The van der Waals surface area contributed by atoms with Gasteiger partial charge in [-0.15, -0.1) is 0 Å². The van der Waals surface area contributed by atoms with Crippen LogP contribution in [0.25, 0.3) is 0 Å². The van der Waals surface area contributed by atoms with Crippen LogP contribution in [-0.2, 0) is 20.1 Å². The fourth-order valence-corrected chi connectivity index (χ4v) is 2.52. The number of benzene rings is 1. The summed E-state index contributed by atoms with van der Waals surface area (Å²) in [6.45, 7) is 3.02. The number of nitrogens with zero attached hydrogens (tertiary/aromatic N) is 3. The molecule has 1 aromatic rings. The molecule has 1 fully saturated rings. The van der Waals surface area contributed by atoms with Crippen molar-refractivity contribution in [2.24, 2.45) is 5.10 Å². The normalized spacial score (nSPS) is 16.9. The molecule has 1 aliphatic heterocycles. The molecule has 2 rings (SSSR count). The molecule has 0 aliphatic carbocycles. The maximum atomic E-state index is 9.40. The Hall–Kier alpha value is -1.42. The average molecular weight is 348 g/mol. The second-order valence-corrected chi connectivity index (χ2v) is 5.17. The quantitative estimate of drug-likeness (QED) is 0.525. The molecule has 1 aliphatic rings. The van der Waals surface area contributed by atoms with Crippen molar-refractivity contribution < 1.29 is 25.2 Å². The summed E-state index contributed by atoms with van der Waals surface area (Å²) in [6.07, 6.45) is 3.29. The fraction of sp³-hybridized carbons (Fsp3) is 0.357. The number of hydroxylamine groups is 1. The van der Waals surface area contributed by atoms with Gasteiger partial charge in [-0.1, -0.05) is 0 Å². The predicted molar refractivity (Wildman–Crippen MR) is 82.4 cm³/mol. The van der Waals surface area contributed by atoms with Gasteiger partial charge in [-0.05, 0) is 0 Å². The van der Waals surface area contributed by atoms with Crippen LogP contribution in [0.15, 0.2) is 23.3 Å². The molecule has 3 N–H and O–H groups in total. The molecule has 0 spiro atoms. The molecule has 1 aromatic carbocycles. The van der Waals surface area contributed by atoms with Crippen LogP contribution in [0, 0.1) is 12.3 Å². The first-order valence-electron chi connectivity index (χ1n) is 6.85. The van der Waals surface area contributed by atoms with Gasteiger partial charge in [0.2, 0.25) is 0 Å². The average Bonchev–Trinajstić information content (AvgIpc) is 2.55. The molecule has 7 nitrogen and oxygen atoms in total. The molecule has 121 valence electrons. The van der Waals surface area contributed by atoms with Crippen LogP contribution in [0.3, 0.4) is 0 Å². The first-order valence-corrected chi connectivity index (χ1v) is 7.37. The van der Waals surface area contributed by atoms with Crippen LogP contribution < -0.4 is 5.43 Å². The second-order valence-electron chi connectivity index (χ2n) is 4.68. The standard InChI is InChI=1S/C14H19N5O2.Co/c1-12-3-4-14(17-16-6-5-15)13(9-12)10-18-7-2-8-21-19(18)11-20;/h3-6,9,15,17,20H,2,7-8,11H2,1H3;/b15-5?,16-6-;. The number of hydrogen-bond donors (Lipinski definition) is 3. The molecular formula is C14H19CoN5O2. The number of rotatable bonds is 6. The predicted octanol–water partition coefficient (Wildman–Crippen LogP) is 0.871. The van der Waals surface area contributed by atoms with E-state index in [0.717, 1.165) is 29.4 Å². The molecule has 0 amide bonds. The van der Waals surface area contributed by atoms with Crippen molar-refractivity contribution in [1.82, 2.24) is 10.2 Å². The zero-order valence-corrected chi connectivity index (χ0v) is 13.3. The van der Waals surface area contributed by atoms with E-state index in [4.69, 9.17) is 10.2 Å². The summed E-state index contributed by atoms with van der Waals surface area (Å²) in [5, 5.41) is 23.5. The van der Waals surface area contributed by atoms with Crippen LogP contribution in [0.1, 0.15) is 17.5 Å². The van der Waals surface area contributed by atoms with Crippen molar-refractivity contribution in [3.05, 3.63) is 29.3 Å². The summed E-state index contributed by atoms with van der Waals surface area (Å²) in [4.78, 5) is 5.41. The Bertz CT molecular complexity index is 578. The number of aliphatic hydroxyl groups excluding tert-OH is 1. The van der Waals surface area contributed by atoms with Gasteiger partial charge in [0.25, 0.3) is 0 Å². The molecule has 8 heteroatoms. The molecule has 0 radical (unpaired) electrons. The summed E-state index contributed by atoms with van der Waals surface area (Å²) in [5.41, 5.74) is 5.57. The van der Waals surface area contributed by atoms with E-state index in [9.17, 15) is 5.11 Å². The second kappa shape index (κ2) is 8.27. The molecular weight excluding hydrogens is 329 g/mol. The van der Waals surface area contributed by atoms with Crippen molar-refractivity contribution in [3.8, 4) is 0 Å². The van der Waals surface area contributed by atoms with Gasteiger partial charge >= 0.3 is 137 Å². The maximum absolute atomic E-state index is 9.40. The van der Waals surface area contributed by atoms with Crippen LogP contribution in [-0.4, -0.2) is 52.2 Å². The minimum atomic E-state index is -0.247. The Morgan fingerprint density at radius 2 is 2.41 bits per heavy atom. The molecule has 22 heavy (non-hydrogen) atoms. The fourth-order valence-electron chi connectivity index (χ4n) is 2.07. The van der Waals surface area contributed by atoms with E-state index in [1.54, 1.807) is 5.01 Å². The number of hydrazine groups is 1. The summed E-state index contributed by atoms with van der Waals surface area (Å²) < 4.78 is 0.650. The van der Waals surface area contributed by atoms with E-state index in [-0.39, 0.29) is 6.73 Å². The van der Waals surface area contributed by atoms with E-state index in [1.807, 2.05) is 25.1 Å². The third kappa shape index (κ3) is 4.06. The SMILES string of the molecule is Cc1ccc(N/N=C\C=N)c([C](=[Co])N2CCCON2CO)c1. The number of nitrogens with one attached hydrogen (secondary N) is 2. The Balaban J connectivity index is 2.28. The number of anilines is 1. The van der Waals surface area contributed by atoms with E-state index in [0.29, 0.717) is 17.7 Å². The van der Waals surface area contributed by atoms with Gasteiger partial charge in [0, 0.05) is 0 Å². The molecule has 0 atom stereocenters. The van der Waals surface area contributed by atoms with Crippen molar-refractivity contribution in [1.29, 1.82) is 5.41 Å². The van der Waals surface area contributed by atoms with Gasteiger partial charge < -0.3 is 0 Å². The number of aliphatic hydroxyl groups is 1. The minimum absolute atomic E-state index is 0.247. The first kappa shape index (κ1) is 16.9. The monoisotopic (exact) mass is 348 g/mol. The third-order valence-electron chi connectivity index (χ3n) is 3.08. The Morgan fingerprint density at radius 3 is 3.14 bits per heavy atom. The van der Waals surface area contributed by atoms with E-state index >= 15 is 0 Å². The molecule has 0 aromatic heterocycles. The van der Waals surface area contributed by atoms with Gasteiger partial charge in [0.05, 0.1) is 0 Å². The Kier molecular flexibility index (Phi) is 6.37. The molecule has 0 saturated carbocycles. The van der Waals surface area contributed by atoms with Crippen molar-refractivity contribution in [2.45, 2.75) is 13.3 Å². The molecule has 0 unspecified atom stereocenters. The van der Waals surface area contributed by atoms with Gasteiger partial charge in [0.15, 0.2) is 0 Å². The first-order chi connectivity index (χ1) is 10.7. The van der Waals surface area contributed by atoms with Crippen LogP contribution in [0.2, 0.25) is 0 Å². The molecule has 0 bridgehead atoms.